The van der Waals surface area contributed by atoms with Crippen LogP contribution in [0.4, 0.5) is 0 Å². The fourth-order valence-corrected chi connectivity index (χ4v) is 1.55. The molecular formula is C7H15NO3S. The Morgan fingerprint density at radius 1 is 1.50 bits per heavy atom. The van der Waals surface area contributed by atoms with Crippen LogP contribution in [0.25, 0.3) is 0 Å². The molecule has 0 radical (unpaired) electrons. The van der Waals surface area contributed by atoms with Crippen molar-refractivity contribution in [2.24, 2.45) is 0 Å². The smallest absolute Gasteiger partial charge is 0.147 e. The quantitative estimate of drug-likeness (QED) is 0.645. The largest absolute Gasteiger partial charge is 0.311 e. The number of sulfone groups is 1. The highest BCUT2D eigenvalue weighted by molar-refractivity contribution is 7.90. The average Bonchev–Trinajstić information content (AvgIpc) is 1.85. The zero-order valence-electron chi connectivity index (χ0n) is 7.62. The van der Waals surface area contributed by atoms with E-state index in [2.05, 4.69) is 5.32 Å². The van der Waals surface area contributed by atoms with Gasteiger partial charge in [-0.3, -0.25) is 4.79 Å². The second-order valence-corrected chi connectivity index (χ2v) is 5.13. The summed E-state index contributed by atoms with van der Waals surface area (Å²) in [5.41, 5.74) is 0. The Kier molecular flexibility index (Phi) is 4.41. The maximum absolute atomic E-state index is 10.8. The number of ketones is 1. The molecule has 0 aliphatic carbocycles. The molecular weight excluding hydrogens is 178 g/mol. The molecule has 12 heavy (non-hydrogen) atoms. The standard InChI is InChI=1S/C7H15NO3S/c1-6(9)7(8-2)4-5-12(3,10)11/h7-8H,4-5H2,1-3H3. The maximum Gasteiger partial charge on any atom is 0.147 e. The van der Waals surface area contributed by atoms with Gasteiger partial charge in [0.15, 0.2) is 0 Å². The second kappa shape index (κ2) is 4.57. The lowest BCUT2D eigenvalue weighted by Gasteiger charge is -2.10. The third-order valence-corrected chi connectivity index (χ3v) is 2.59. The van der Waals surface area contributed by atoms with E-state index in [0.717, 1.165) is 0 Å². The summed E-state index contributed by atoms with van der Waals surface area (Å²) in [5, 5.41) is 2.76. The van der Waals surface area contributed by atoms with Crippen molar-refractivity contribution >= 4 is 15.6 Å². The van der Waals surface area contributed by atoms with Crippen LogP contribution in [0, 0.1) is 0 Å². The summed E-state index contributed by atoms with van der Waals surface area (Å²) in [6.07, 6.45) is 1.52. The van der Waals surface area contributed by atoms with Gasteiger partial charge in [0.05, 0.1) is 11.8 Å². The van der Waals surface area contributed by atoms with Crippen LogP contribution in [0.15, 0.2) is 0 Å². The van der Waals surface area contributed by atoms with E-state index >= 15 is 0 Å². The van der Waals surface area contributed by atoms with Gasteiger partial charge in [0.2, 0.25) is 0 Å². The lowest BCUT2D eigenvalue weighted by molar-refractivity contribution is -0.118. The van der Waals surface area contributed by atoms with Crippen LogP contribution < -0.4 is 5.32 Å². The molecule has 0 bridgehead atoms. The molecule has 1 atom stereocenters. The Morgan fingerprint density at radius 3 is 2.25 bits per heavy atom. The molecule has 0 aromatic heterocycles. The molecule has 0 saturated carbocycles. The van der Waals surface area contributed by atoms with Crippen LogP contribution in [0.5, 0.6) is 0 Å². The van der Waals surface area contributed by atoms with E-state index in [1.807, 2.05) is 0 Å². The summed E-state index contributed by atoms with van der Waals surface area (Å²) in [7, 11) is -1.31. The minimum Gasteiger partial charge on any atom is -0.311 e. The topological polar surface area (TPSA) is 63.2 Å². The Labute approximate surface area is 73.3 Å². The first-order valence-electron chi connectivity index (χ1n) is 3.72. The van der Waals surface area contributed by atoms with Gasteiger partial charge in [0.1, 0.15) is 15.6 Å². The average molecular weight is 193 g/mol. The Morgan fingerprint density at radius 2 is 2.00 bits per heavy atom. The SMILES string of the molecule is CNC(CCS(C)(=O)=O)C(C)=O. The Balaban J connectivity index is 3.98. The third kappa shape index (κ3) is 5.26. The minimum absolute atomic E-state index is 0.0267. The van der Waals surface area contributed by atoms with E-state index in [0.29, 0.717) is 6.42 Å². The molecule has 0 aliphatic rings. The Bertz CT molecular complexity index is 245. The zero-order chi connectivity index (χ0) is 9.78. The zero-order valence-corrected chi connectivity index (χ0v) is 8.44. The van der Waals surface area contributed by atoms with Gasteiger partial charge < -0.3 is 5.32 Å². The fraction of sp³-hybridized carbons (Fsp3) is 0.857. The second-order valence-electron chi connectivity index (χ2n) is 2.87. The van der Waals surface area contributed by atoms with Crippen LogP contribution in [-0.4, -0.2) is 39.3 Å². The monoisotopic (exact) mass is 193 g/mol. The van der Waals surface area contributed by atoms with Gasteiger partial charge in [-0.1, -0.05) is 0 Å². The van der Waals surface area contributed by atoms with Crippen molar-refractivity contribution in [3.05, 3.63) is 0 Å². The third-order valence-electron chi connectivity index (χ3n) is 1.62. The first-order valence-corrected chi connectivity index (χ1v) is 5.78. The van der Waals surface area contributed by atoms with Gasteiger partial charge in [0, 0.05) is 6.26 Å². The van der Waals surface area contributed by atoms with Gasteiger partial charge in [-0.15, -0.1) is 0 Å². The highest BCUT2D eigenvalue weighted by Crippen LogP contribution is 1.96. The molecule has 0 aromatic rings. The molecule has 0 aromatic carbocycles. The molecule has 0 amide bonds. The Hall–Kier alpha value is -0.420. The summed E-state index contributed by atoms with van der Waals surface area (Å²) in [4.78, 5) is 10.8. The van der Waals surface area contributed by atoms with Crippen molar-refractivity contribution in [2.75, 3.05) is 19.1 Å². The molecule has 5 heteroatoms. The summed E-state index contributed by atoms with van der Waals surface area (Å²) in [6, 6.07) is -0.334. The highest BCUT2D eigenvalue weighted by atomic mass is 32.2. The first-order chi connectivity index (χ1) is 5.37. The number of carbonyl (C=O) groups is 1. The van der Waals surface area contributed by atoms with E-state index in [-0.39, 0.29) is 17.6 Å². The van der Waals surface area contributed by atoms with Gasteiger partial charge >= 0.3 is 0 Å². The van der Waals surface area contributed by atoms with Crippen LogP contribution >= 0.6 is 0 Å². The van der Waals surface area contributed by atoms with E-state index in [1.165, 1.54) is 13.2 Å². The number of carbonyl (C=O) groups excluding carboxylic acids is 1. The summed E-state index contributed by atoms with van der Waals surface area (Å²) in [5.74, 6) is 0.0269. The first kappa shape index (κ1) is 11.6. The molecule has 1 N–H and O–H groups in total. The minimum atomic E-state index is -2.96. The van der Waals surface area contributed by atoms with Crippen molar-refractivity contribution in [1.29, 1.82) is 0 Å². The normalized spacial score (nSPS) is 14.2. The van der Waals surface area contributed by atoms with Crippen LogP contribution in [0.1, 0.15) is 13.3 Å². The number of likely N-dealkylation sites (N-methyl/N-ethyl adjacent to an activating group) is 1. The van der Waals surface area contributed by atoms with E-state index < -0.39 is 9.84 Å². The van der Waals surface area contributed by atoms with Crippen molar-refractivity contribution in [3.8, 4) is 0 Å². The molecule has 0 heterocycles. The van der Waals surface area contributed by atoms with Gasteiger partial charge in [-0.05, 0) is 20.4 Å². The van der Waals surface area contributed by atoms with Crippen LogP contribution in [0.2, 0.25) is 0 Å². The predicted molar refractivity (Wildman–Crippen MR) is 47.9 cm³/mol. The van der Waals surface area contributed by atoms with E-state index in [1.54, 1.807) is 7.05 Å². The van der Waals surface area contributed by atoms with E-state index in [4.69, 9.17) is 0 Å². The fourth-order valence-electron chi connectivity index (χ4n) is 0.883. The number of rotatable bonds is 5. The van der Waals surface area contributed by atoms with Gasteiger partial charge in [0.25, 0.3) is 0 Å². The lowest BCUT2D eigenvalue weighted by atomic mass is 10.1. The van der Waals surface area contributed by atoms with Crippen LogP contribution in [-0.2, 0) is 14.6 Å². The molecule has 0 saturated heterocycles. The van der Waals surface area contributed by atoms with Crippen molar-refractivity contribution in [3.63, 3.8) is 0 Å². The molecule has 0 aliphatic heterocycles. The highest BCUT2D eigenvalue weighted by Gasteiger charge is 2.13. The van der Waals surface area contributed by atoms with Crippen LogP contribution in [0.3, 0.4) is 0 Å². The van der Waals surface area contributed by atoms with Crippen molar-refractivity contribution < 1.29 is 13.2 Å². The predicted octanol–water partition coefficient (Wildman–Crippen LogP) is -0.402. The molecule has 4 nitrogen and oxygen atoms in total. The van der Waals surface area contributed by atoms with E-state index in [9.17, 15) is 13.2 Å². The number of hydrogen-bond donors (Lipinski definition) is 1. The lowest BCUT2D eigenvalue weighted by Crippen LogP contribution is -2.34. The molecule has 72 valence electrons. The maximum atomic E-state index is 10.8. The molecule has 0 fully saturated rings. The number of Topliss-reactive ketones (excluding diaryl/α,β-unsaturated/α-hetero) is 1. The van der Waals surface area contributed by atoms with Gasteiger partial charge in [-0.25, -0.2) is 8.42 Å². The molecule has 0 spiro atoms. The van der Waals surface area contributed by atoms with Crippen molar-refractivity contribution in [2.45, 2.75) is 19.4 Å². The molecule has 0 rings (SSSR count). The van der Waals surface area contributed by atoms with Gasteiger partial charge in [-0.2, -0.15) is 0 Å². The number of nitrogens with one attached hydrogen (secondary N) is 1. The summed E-state index contributed by atoms with van der Waals surface area (Å²) >= 11 is 0. The summed E-state index contributed by atoms with van der Waals surface area (Å²) < 4.78 is 21.5. The van der Waals surface area contributed by atoms with Crippen molar-refractivity contribution in [1.82, 2.24) is 5.32 Å². The number of hydrogen-bond acceptors (Lipinski definition) is 4. The summed E-state index contributed by atoms with van der Waals surface area (Å²) in [6.45, 7) is 1.45. The molecule has 1 unspecified atom stereocenters.